The van der Waals surface area contributed by atoms with Gasteiger partial charge in [0.1, 0.15) is 0 Å². The van der Waals surface area contributed by atoms with Gasteiger partial charge in [-0.15, -0.1) is 0 Å². The minimum absolute atomic E-state index is 0.0888. The number of aryl methyl sites for hydroxylation is 1. The van der Waals surface area contributed by atoms with Crippen molar-refractivity contribution in [3.63, 3.8) is 0 Å². The molecular formula is C17H24INO2. The average molecular weight is 401 g/mol. The lowest BCUT2D eigenvalue weighted by Gasteiger charge is -2.35. The first-order chi connectivity index (χ1) is 9.95. The largest absolute Gasteiger partial charge is 0.388 e. The second kappa shape index (κ2) is 7.09. The van der Waals surface area contributed by atoms with E-state index >= 15 is 0 Å². The van der Waals surface area contributed by atoms with Gasteiger partial charge in [0.2, 0.25) is 0 Å². The Morgan fingerprint density at radius 2 is 2.10 bits per heavy atom. The topological polar surface area (TPSA) is 49.3 Å². The normalized spacial score (nSPS) is 25.6. The maximum Gasteiger partial charge on any atom is 0.252 e. The smallest absolute Gasteiger partial charge is 0.252 e. The van der Waals surface area contributed by atoms with E-state index in [1.165, 1.54) is 6.42 Å². The number of hydrogen-bond acceptors (Lipinski definition) is 2. The van der Waals surface area contributed by atoms with Crippen LogP contribution >= 0.6 is 22.6 Å². The van der Waals surface area contributed by atoms with Gasteiger partial charge in [-0.1, -0.05) is 25.5 Å². The highest BCUT2D eigenvalue weighted by atomic mass is 127. The summed E-state index contributed by atoms with van der Waals surface area (Å²) in [6.45, 7) is 4.56. The molecule has 116 valence electrons. The lowest BCUT2D eigenvalue weighted by atomic mass is 9.78. The summed E-state index contributed by atoms with van der Waals surface area (Å²) in [5, 5.41) is 13.5. The number of rotatable bonds is 4. The SMILES string of the molecule is CCC1CCC(O)(CNC(=O)c2cccc(C)c2I)CC1. The van der Waals surface area contributed by atoms with Gasteiger partial charge in [0.15, 0.2) is 0 Å². The second-order valence-electron chi connectivity index (χ2n) is 6.20. The average Bonchev–Trinajstić information content (AvgIpc) is 2.49. The summed E-state index contributed by atoms with van der Waals surface area (Å²) in [4.78, 5) is 12.3. The van der Waals surface area contributed by atoms with Crippen molar-refractivity contribution < 1.29 is 9.90 Å². The van der Waals surface area contributed by atoms with Gasteiger partial charge in [-0.3, -0.25) is 4.79 Å². The lowest BCUT2D eigenvalue weighted by molar-refractivity contribution is -0.00787. The Morgan fingerprint density at radius 1 is 1.43 bits per heavy atom. The van der Waals surface area contributed by atoms with Crippen LogP contribution < -0.4 is 5.32 Å². The Kier molecular flexibility index (Phi) is 5.66. The van der Waals surface area contributed by atoms with Crippen molar-refractivity contribution in [2.75, 3.05) is 6.54 Å². The van der Waals surface area contributed by atoms with Crippen LogP contribution in [0.1, 0.15) is 54.9 Å². The number of halogens is 1. The minimum atomic E-state index is -0.726. The predicted molar refractivity (Wildman–Crippen MR) is 93.4 cm³/mol. The molecule has 3 nitrogen and oxygen atoms in total. The third-order valence-electron chi connectivity index (χ3n) is 4.63. The summed E-state index contributed by atoms with van der Waals surface area (Å²) < 4.78 is 0.981. The molecule has 0 bridgehead atoms. The van der Waals surface area contributed by atoms with E-state index in [9.17, 15) is 9.90 Å². The first-order valence-corrected chi connectivity index (χ1v) is 8.79. The number of hydrogen-bond donors (Lipinski definition) is 2. The first-order valence-electron chi connectivity index (χ1n) is 7.71. The summed E-state index contributed by atoms with van der Waals surface area (Å²) in [6, 6.07) is 5.73. The highest BCUT2D eigenvalue weighted by Crippen LogP contribution is 2.33. The van der Waals surface area contributed by atoms with Crippen LogP contribution in [0.15, 0.2) is 18.2 Å². The van der Waals surface area contributed by atoms with Gasteiger partial charge in [0.05, 0.1) is 11.2 Å². The van der Waals surface area contributed by atoms with E-state index in [2.05, 4.69) is 34.8 Å². The molecule has 1 saturated carbocycles. The van der Waals surface area contributed by atoms with Crippen LogP contribution in [0.25, 0.3) is 0 Å². The number of carbonyl (C=O) groups is 1. The molecule has 2 N–H and O–H groups in total. The standard InChI is InChI=1S/C17H24INO2/c1-3-13-7-9-17(21,10-8-13)11-19-16(20)14-6-4-5-12(2)15(14)18/h4-6,13,21H,3,7-11H2,1-2H3,(H,19,20). The van der Waals surface area contributed by atoms with Gasteiger partial charge >= 0.3 is 0 Å². The van der Waals surface area contributed by atoms with Crippen molar-refractivity contribution in [3.8, 4) is 0 Å². The minimum Gasteiger partial charge on any atom is -0.388 e. The fourth-order valence-electron chi connectivity index (χ4n) is 2.96. The zero-order chi connectivity index (χ0) is 15.5. The molecule has 0 radical (unpaired) electrons. The van der Waals surface area contributed by atoms with Gasteiger partial charge < -0.3 is 10.4 Å². The Bertz CT molecular complexity index is 508. The third kappa shape index (κ3) is 4.19. The fraction of sp³-hybridized carbons (Fsp3) is 0.588. The molecule has 1 aromatic rings. The highest BCUT2D eigenvalue weighted by Gasteiger charge is 2.33. The number of aliphatic hydroxyl groups is 1. The second-order valence-corrected chi connectivity index (χ2v) is 7.27. The van der Waals surface area contributed by atoms with Gasteiger partial charge in [0.25, 0.3) is 5.91 Å². The molecule has 2 rings (SSSR count). The van der Waals surface area contributed by atoms with Crippen LogP contribution in [-0.4, -0.2) is 23.2 Å². The molecular weight excluding hydrogens is 377 g/mol. The van der Waals surface area contributed by atoms with E-state index < -0.39 is 5.60 Å². The van der Waals surface area contributed by atoms with E-state index in [0.29, 0.717) is 12.1 Å². The predicted octanol–water partition coefficient (Wildman–Crippen LogP) is 3.66. The Labute approximate surface area is 140 Å². The molecule has 4 heteroatoms. The van der Waals surface area contributed by atoms with Crippen molar-refractivity contribution in [1.29, 1.82) is 0 Å². The van der Waals surface area contributed by atoms with Crippen molar-refractivity contribution in [2.45, 2.75) is 51.6 Å². The number of carbonyl (C=O) groups excluding carboxylic acids is 1. The molecule has 0 unspecified atom stereocenters. The molecule has 1 aromatic carbocycles. The quantitative estimate of drug-likeness (QED) is 0.757. The Hall–Kier alpha value is -0.620. The molecule has 0 atom stereocenters. The monoisotopic (exact) mass is 401 g/mol. The van der Waals surface area contributed by atoms with Crippen LogP contribution in [0.3, 0.4) is 0 Å². The number of benzene rings is 1. The number of amides is 1. The summed E-state index contributed by atoms with van der Waals surface area (Å²) in [7, 11) is 0. The lowest BCUT2D eigenvalue weighted by Crippen LogP contribution is -2.45. The van der Waals surface area contributed by atoms with Crippen molar-refractivity contribution in [2.24, 2.45) is 5.92 Å². The van der Waals surface area contributed by atoms with Crippen LogP contribution in [-0.2, 0) is 0 Å². The summed E-state index contributed by atoms with van der Waals surface area (Å²) in [6.07, 6.45) is 4.88. The summed E-state index contributed by atoms with van der Waals surface area (Å²) in [5.41, 5.74) is 1.07. The molecule has 1 amide bonds. The van der Waals surface area contributed by atoms with Gasteiger partial charge in [0, 0.05) is 10.1 Å². The van der Waals surface area contributed by atoms with Gasteiger partial charge in [-0.2, -0.15) is 0 Å². The molecule has 0 aliphatic heterocycles. The van der Waals surface area contributed by atoms with E-state index in [1.807, 2.05) is 25.1 Å². The molecule has 1 aliphatic rings. The zero-order valence-electron chi connectivity index (χ0n) is 12.8. The Balaban J connectivity index is 1.94. The highest BCUT2D eigenvalue weighted by molar-refractivity contribution is 14.1. The molecule has 1 aliphatic carbocycles. The van der Waals surface area contributed by atoms with Crippen molar-refractivity contribution >= 4 is 28.5 Å². The van der Waals surface area contributed by atoms with Crippen LogP contribution in [0, 0.1) is 16.4 Å². The van der Waals surface area contributed by atoms with Crippen molar-refractivity contribution in [3.05, 3.63) is 32.9 Å². The molecule has 0 heterocycles. The third-order valence-corrected chi connectivity index (χ3v) is 6.06. The van der Waals surface area contributed by atoms with E-state index in [1.54, 1.807) is 0 Å². The molecule has 21 heavy (non-hydrogen) atoms. The van der Waals surface area contributed by atoms with Crippen molar-refractivity contribution in [1.82, 2.24) is 5.32 Å². The van der Waals surface area contributed by atoms with Gasteiger partial charge in [-0.05, 0) is 72.7 Å². The van der Waals surface area contributed by atoms with Gasteiger partial charge in [-0.25, -0.2) is 0 Å². The summed E-state index contributed by atoms with van der Waals surface area (Å²) >= 11 is 2.20. The zero-order valence-corrected chi connectivity index (χ0v) is 14.9. The van der Waals surface area contributed by atoms with E-state index in [0.717, 1.165) is 40.7 Å². The maximum absolute atomic E-state index is 12.3. The maximum atomic E-state index is 12.3. The van der Waals surface area contributed by atoms with Crippen LogP contribution in [0.2, 0.25) is 0 Å². The van der Waals surface area contributed by atoms with E-state index in [-0.39, 0.29) is 5.91 Å². The Morgan fingerprint density at radius 3 is 2.71 bits per heavy atom. The summed E-state index contributed by atoms with van der Waals surface area (Å²) in [5.74, 6) is 0.646. The van der Waals surface area contributed by atoms with E-state index in [4.69, 9.17) is 0 Å². The first kappa shape index (κ1) is 16.7. The molecule has 1 fully saturated rings. The number of nitrogens with one attached hydrogen (secondary N) is 1. The fourth-order valence-corrected chi connectivity index (χ4v) is 3.57. The van der Waals surface area contributed by atoms with Crippen LogP contribution in [0.4, 0.5) is 0 Å². The molecule has 0 aromatic heterocycles. The molecule has 0 spiro atoms. The van der Waals surface area contributed by atoms with Crippen LogP contribution in [0.5, 0.6) is 0 Å². The molecule has 0 saturated heterocycles.